The monoisotopic (exact) mass is 369 g/mol. The van der Waals surface area contributed by atoms with Gasteiger partial charge in [-0.2, -0.15) is 4.98 Å². The highest BCUT2D eigenvalue weighted by molar-refractivity contribution is 7.89. The van der Waals surface area contributed by atoms with Crippen LogP contribution in [0.2, 0.25) is 5.02 Å². The number of aryl methyl sites for hydroxylation is 1. The van der Waals surface area contributed by atoms with Crippen LogP contribution >= 0.6 is 11.6 Å². The molecule has 0 unspecified atom stereocenters. The van der Waals surface area contributed by atoms with Gasteiger partial charge in [-0.1, -0.05) is 17.7 Å². The van der Waals surface area contributed by atoms with Gasteiger partial charge < -0.3 is 10.2 Å². The normalized spacial score (nSPS) is 11.3. The molecule has 0 spiro atoms. The molecule has 2 rings (SSSR count). The molecule has 0 aliphatic rings. The lowest BCUT2D eigenvalue weighted by Crippen LogP contribution is -2.29. The van der Waals surface area contributed by atoms with Gasteiger partial charge in [0.15, 0.2) is 0 Å². The fraction of sp³-hybridized carbons (Fsp3) is 0.333. The minimum atomic E-state index is -3.59. The third-order valence-electron chi connectivity index (χ3n) is 3.11. The van der Waals surface area contributed by atoms with Crippen molar-refractivity contribution < 1.29 is 8.42 Å². The third-order valence-corrected chi connectivity index (χ3v) is 4.80. The summed E-state index contributed by atoms with van der Waals surface area (Å²) in [6.07, 6.45) is 0. The highest BCUT2D eigenvalue weighted by Gasteiger charge is 2.13. The maximum absolute atomic E-state index is 12.2. The van der Waals surface area contributed by atoms with Crippen molar-refractivity contribution in [1.29, 1.82) is 0 Å². The lowest BCUT2D eigenvalue weighted by molar-refractivity contribution is 0.583. The second-order valence-electron chi connectivity index (χ2n) is 5.37. The summed E-state index contributed by atoms with van der Waals surface area (Å²) in [5.41, 5.74) is 0.829. The maximum atomic E-state index is 12.2. The molecule has 0 amide bonds. The minimum absolute atomic E-state index is 0.136. The van der Waals surface area contributed by atoms with Gasteiger partial charge in [-0.3, -0.25) is 0 Å². The van der Waals surface area contributed by atoms with Crippen LogP contribution in [0, 0.1) is 6.92 Å². The van der Waals surface area contributed by atoms with E-state index in [1.165, 1.54) is 12.1 Å². The van der Waals surface area contributed by atoms with E-state index in [-0.39, 0.29) is 11.4 Å². The van der Waals surface area contributed by atoms with Gasteiger partial charge in [-0.25, -0.2) is 18.1 Å². The Morgan fingerprint density at radius 1 is 1.17 bits per heavy atom. The Morgan fingerprint density at radius 3 is 2.58 bits per heavy atom. The summed E-state index contributed by atoms with van der Waals surface area (Å²) in [6.45, 7) is 2.43. The quantitative estimate of drug-likeness (QED) is 0.725. The first-order chi connectivity index (χ1) is 11.3. The Morgan fingerprint density at radius 2 is 1.92 bits per heavy atom. The van der Waals surface area contributed by atoms with E-state index in [0.29, 0.717) is 17.5 Å². The highest BCUT2D eigenvalue weighted by atomic mass is 35.5. The molecule has 1 heterocycles. The van der Waals surface area contributed by atoms with Gasteiger partial charge in [0.05, 0.1) is 4.90 Å². The second kappa shape index (κ2) is 7.78. The SMILES string of the molecule is Cc1cc(N(C)C)nc(NCCNS(=O)(=O)c2cccc(Cl)c2)n1. The van der Waals surface area contributed by atoms with Crippen LogP contribution in [0.3, 0.4) is 0 Å². The molecule has 0 atom stereocenters. The first-order valence-corrected chi connectivity index (χ1v) is 9.16. The van der Waals surface area contributed by atoms with Crippen LogP contribution in [0.1, 0.15) is 5.69 Å². The summed E-state index contributed by atoms with van der Waals surface area (Å²) in [4.78, 5) is 10.6. The fourth-order valence-corrected chi connectivity index (χ4v) is 3.27. The number of anilines is 2. The molecule has 2 aromatic rings. The topological polar surface area (TPSA) is 87.2 Å². The Bertz CT molecular complexity index is 811. The third kappa shape index (κ3) is 5.05. The molecule has 1 aromatic heterocycles. The van der Waals surface area contributed by atoms with Gasteiger partial charge in [-0.15, -0.1) is 0 Å². The van der Waals surface area contributed by atoms with E-state index in [4.69, 9.17) is 11.6 Å². The molecule has 0 aliphatic heterocycles. The van der Waals surface area contributed by atoms with E-state index in [1.807, 2.05) is 32.0 Å². The van der Waals surface area contributed by atoms with E-state index in [0.717, 1.165) is 11.5 Å². The van der Waals surface area contributed by atoms with Gasteiger partial charge in [0, 0.05) is 44.0 Å². The van der Waals surface area contributed by atoms with Crippen molar-refractivity contribution in [2.75, 3.05) is 37.4 Å². The summed E-state index contributed by atoms with van der Waals surface area (Å²) in [7, 11) is 0.197. The van der Waals surface area contributed by atoms with Crippen molar-refractivity contribution in [3.05, 3.63) is 41.0 Å². The smallest absolute Gasteiger partial charge is 0.240 e. The molecule has 0 radical (unpaired) electrons. The zero-order chi connectivity index (χ0) is 17.7. The molecule has 0 aliphatic carbocycles. The van der Waals surface area contributed by atoms with Crippen molar-refractivity contribution in [2.45, 2.75) is 11.8 Å². The first kappa shape index (κ1) is 18.4. The molecule has 9 heteroatoms. The molecule has 0 fully saturated rings. The molecular formula is C15H20ClN5O2S. The number of nitrogens with zero attached hydrogens (tertiary/aromatic N) is 3. The number of rotatable bonds is 7. The Balaban J connectivity index is 1.93. The Hall–Kier alpha value is -1.90. The first-order valence-electron chi connectivity index (χ1n) is 7.30. The van der Waals surface area contributed by atoms with Crippen LogP contribution in [-0.4, -0.2) is 45.6 Å². The number of sulfonamides is 1. The lowest BCUT2D eigenvalue weighted by Gasteiger charge is -2.14. The summed E-state index contributed by atoms with van der Waals surface area (Å²) < 4.78 is 26.8. The number of aromatic nitrogens is 2. The molecule has 2 N–H and O–H groups in total. The van der Waals surface area contributed by atoms with E-state index >= 15 is 0 Å². The van der Waals surface area contributed by atoms with Gasteiger partial charge in [0.25, 0.3) is 0 Å². The van der Waals surface area contributed by atoms with Gasteiger partial charge in [0.2, 0.25) is 16.0 Å². The standard InChI is InChI=1S/C15H20ClN5O2S/c1-11-9-14(21(2)3)20-15(19-11)17-7-8-18-24(22,23)13-6-4-5-12(16)10-13/h4-6,9-10,18H,7-8H2,1-3H3,(H,17,19,20). The molecule has 130 valence electrons. The van der Waals surface area contributed by atoms with Crippen LogP contribution in [0.15, 0.2) is 35.2 Å². The van der Waals surface area contributed by atoms with Gasteiger partial charge >= 0.3 is 0 Å². The minimum Gasteiger partial charge on any atom is -0.363 e. The Kier molecular flexibility index (Phi) is 5.98. The molecule has 7 nitrogen and oxygen atoms in total. The summed E-state index contributed by atoms with van der Waals surface area (Å²) in [5.74, 6) is 1.24. The summed E-state index contributed by atoms with van der Waals surface area (Å²) in [5, 5.41) is 3.39. The number of nitrogens with one attached hydrogen (secondary N) is 2. The molecular weight excluding hydrogens is 350 g/mol. The number of hydrogen-bond donors (Lipinski definition) is 2. The zero-order valence-corrected chi connectivity index (χ0v) is 15.3. The highest BCUT2D eigenvalue weighted by Crippen LogP contribution is 2.15. The van der Waals surface area contributed by atoms with Gasteiger partial charge in [0.1, 0.15) is 5.82 Å². The predicted molar refractivity (Wildman–Crippen MR) is 96.2 cm³/mol. The maximum Gasteiger partial charge on any atom is 0.240 e. The van der Waals surface area contributed by atoms with Crippen molar-refractivity contribution in [2.24, 2.45) is 0 Å². The molecule has 0 saturated carbocycles. The van der Waals surface area contributed by atoms with Crippen LogP contribution in [-0.2, 0) is 10.0 Å². The molecule has 1 aromatic carbocycles. The molecule has 0 bridgehead atoms. The number of benzene rings is 1. The Labute approximate surface area is 147 Å². The van der Waals surface area contributed by atoms with Crippen molar-refractivity contribution >= 4 is 33.4 Å². The number of hydrogen-bond acceptors (Lipinski definition) is 6. The largest absolute Gasteiger partial charge is 0.363 e. The molecule has 24 heavy (non-hydrogen) atoms. The van der Waals surface area contributed by atoms with Crippen molar-refractivity contribution in [3.63, 3.8) is 0 Å². The lowest BCUT2D eigenvalue weighted by atomic mass is 10.4. The van der Waals surface area contributed by atoms with E-state index in [9.17, 15) is 8.42 Å². The van der Waals surface area contributed by atoms with Crippen molar-refractivity contribution in [3.8, 4) is 0 Å². The second-order valence-corrected chi connectivity index (χ2v) is 7.57. The van der Waals surface area contributed by atoms with E-state index in [2.05, 4.69) is 20.0 Å². The van der Waals surface area contributed by atoms with Crippen LogP contribution in [0.25, 0.3) is 0 Å². The van der Waals surface area contributed by atoms with E-state index in [1.54, 1.807) is 12.1 Å². The predicted octanol–water partition coefficient (Wildman–Crippen LogP) is 1.89. The van der Waals surface area contributed by atoms with Crippen molar-refractivity contribution in [1.82, 2.24) is 14.7 Å². The summed E-state index contributed by atoms with van der Waals surface area (Å²) >= 11 is 5.82. The summed E-state index contributed by atoms with van der Waals surface area (Å²) in [6, 6.07) is 7.99. The fourth-order valence-electron chi connectivity index (χ4n) is 1.94. The molecule has 0 saturated heterocycles. The average Bonchev–Trinajstić information content (AvgIpc) is 2.51. The van der Waals surface area contributed by atoms with Crippen LogP contribution in [0.4, 0.5) is 11.8 Å². The van der Waals surface area contributed by atoms with Gasteiger partial charge in [-0.05, 0) is 25.1 Å². The van der Waals surface area contributed by atoms with Crippen LogP contribution in [0.5, 0.6) is 0 Å². The zero-order valence-electron chi connectivity index (χ0n) is 13.7. The number of halogens is 1. The van der Waals surface area contributed by atoms with Crippen LogP contribution < -0.4 is 14.9 Å². The average molecular weight is 370 g/mol. The van der Waals surface area contributed by atoms with E-state index < -0.39 is 10.0 Å².